The van der Waals surface area contributed by atoms with E-state index in [1.807, 2.05) is 5.32 Å². The first-order valence-electron chi connectivity index (χ1n) is 6.02. The van der Waals surface area contributed by atoms with E-state index in [1.165, 1.54) is 6.92 Å². The number of nitrogens with two attached hydrogens (primary N) is 1. The lowest BCUT2D eigenvalue weighted by Gasteiger charge is -2.14. The number of carbonyl (C=O) groups is 2. The summed E-state index contributed by atoms with van der Waals surface area (Å²) in [4.78, 5) is 32.8. The number of nitrogens with one attached hydrogen (secondary N) is 1. The number of benzene rings is 1. The highest BCUT2D eigenvalue weighted by atomic mass is 19.4. The summed E-state index contributed by atoms with van der Waals surface area (Å²) in [6, 6.07) is -0.571. The molecular weight excluding hydrogens is 323 g/mol. The van der Waals surface area contributed by atoms with Gasteiger partial charge in [-0.15, -0.1) is 0 Å². The van der Waals surface area contributed by atoms with Gasteiger partial charge < -0.3 is 15.8 Å². The van der Waals surface area contributed by atoms with Gasteiger partial charge in [-0.1, -0.05) is 0 Å². The fourth-order valence-corrected chi connectivity index (χ4v) is 1.65. The summed E-state index contributed by atoms with van der Waals surface area (Å²) in [6.07, 6.45) is -4.92. The van der Waals surface area contributed by atoms with Crippen LogP contribution in [0.1, 0.15) is 22.8 Å². The molecule has 0 bridgehead atoms. The van der Waals surface area contributed by atoms with Crippen LogP contribution in [0, 0.1) is 10.1 Å². The molecule has 1 aromatic rings. The van der Waals surface area contributed by atoms with Crippen LogP contribution in [0.3, 0.4) is 0 Å². The fourth-order valence-electron chi connectivity index (χ4n) is 1.65. The number of nitro benzene ring substituents is 1. The van der Waals surface area contributed by atoms with Crippen LogP contribution < -0.4 is 11.1 Å². The van der Waals surface area contributed by atoms with Crippen LogP contribution in [0.25, 0.3) is 0 Å². The van der Waals surface area contributed by atoms with Gasteiger partial charge >= 0.3 is 12.1 Å². The van der Waals surface area contributed by atoms with Crippen molar-refractivity contribution in [2.24, 2.45) is 0 Å². The lowest BCUT2D eigenvalue weighted by Crippen LogP contribution is -2.39. The standard InChI is InChI=1S/C12H12F3N3O5/c1-5(11(20)23-2)17-10(19)7-3-6(12(13,14)15)4-8(9(7)16)18(21)22/h3-5H,16H2,1-2H3,(H,17,19). The number of methoxy groups -OCH3 is 1. The van der Waals surface area contributed by atoms with Crippen LogP contribution in [0.15, 0.2) is 12.1 Å². The number of amides is 1. The third-order valence-electron chi connectivity index (χ3n) is 2.83. The Bertz CT molecular complexity index is 660. The fraction of sp³-hybridized carbons (Fsp3) is 0.333. The molecule has 0 saturated carbocycles. The zero-order valence-corrected chi connectivity index (χ0v) is 11.9. The molecule has 11 heteroatoms. The van der Waals surface area contributed by atoms with Gasteiger partial charge in [0.2, 0.25) is 0 Å². The average Bonchev–Trinajstić information content (AvgIpc) is 2.44. The number of rotatable bonds is 4. The first-order chi connectivity index (χ1) is 10.5. The molecule has 126 valence electrons. The van der Waals surface area contributed by atoms with Crippen molar-refractivity contribution >= 4 is 23.3 Å². The second kappa shape index (κ2) is 6.50. The molecule has 0 fully saturated rings. The lowest BCUT2D eigenvalue weighted by atomic mass is 10.1. The van der Waals surface area contributed by atoms with Gasteiger partial charge in [0.05, 0.1) is 23.2 Å². The molecule has 0 aliphatic heterocycles. The number of anilines is 1. The van der Waals surface area contributed by atoms with E-state index < -0.39 is 51.5 Å². The number of nitrogens with zero attached hydrogens (tertiary/aromatic N) is 1. The van der Waals surface area contributed by atoms with Crippen molar-refractivity contribution in [1.29, 1.82) is 0 Å². The quantitative estimate of drug-likeness (QED) is 0.372. The molecule has 23 heavy (non-hydrogen) atoms. The van der Waals surface area contributed by atoms with E-state index in [9.17, 15) is 32.9 Å². The number of carbonyl (C=O) groups excluding carboxylic acids is 2. The van der Waals surface area contributed by atoms with Gasteiger partial charge in [-0.05, 0) is 13.0 Å². The van der Waals surface area contributed by atoms with Gasteiger partial charge in [-0.3, -0.25) is 14.9 Å². The van der Waals surface area contributed by atoms with Crippen LogP contribution in [0.5, 0.6) is 0 Å². The number of esters is 1. The van der Waals surface area contributed by atoms with Crippen molar-refractivity contribution in [3.8, 4) is 0 Å². The number of halogens is 3. The second-order valence-electron chi connectivity index (χ2n) is 4.43. The normalized spacial score (nSPS) is 12.4. The van der Waals surface area contributed by atoms with Crippen LogP contribution in [-0.2, 0) is 15.7 Å². The summed E-state index contributed by atoms with van der Waals surface area (Å²) in [5, 5.41) is 12.9. The summed E-state index contributed by atoms with van der Waals surface area (Å²) < 4.78 is 42.7. The summed E-state index contributed by atoms with van der Waals surface area (Å²) in [5.74, 6) is -2.02. The zero-order valence-electron chi connectivity index (χ0n) is 11.9. The van der Waals surface area contributed by atoms with E-state index in [2.05, 4.69) is 4.74 Å². The third-order valence-corrected chi connectivity index (χ3v) is 2.83. The van der Waals surface area contributed by atoms with E-state index in [1.54, 1.807) is 0 Å². The number of nitro groups is 1. The smallest absolute Gasteiger partial charge is 0.416 e. The molecule has 0 heterocycles. The monoisotopic (exact) mass is 335 g/mol. The molecule has 1 amide bonds. The minimum Gasteiger partial charge on any atom is -0.467 e. The van der Waals surface area contributed by atoms with Crippen molar-refractivity contribution in [2.45, 2.75) is 19.1 Å². The minimum atomic E-state index is -4.92. The van der Waals surface area contributed by atoms with Crippen LogP contribution in [-0.4, -0.2) is 30.0 Å². The van der Waals surface area contributed by atoms with E-state index in [-0.39, 0.29) is 6.07 Å². The molecule has 8 nitrogen and oxygen atoms in total. The molecule has 1 aromatic carbocycles. The highest BCUT2D eigenvalue weighted by molar-refractivity contribution is 6.02. The molecule has 0 spiro atoms. The Hall–Kier alpha value is -2.85. The number of hydrogen-bond acceptors (Lipinski definition) is 6. The van der Waals surface area contributed by atoms with Crippen molar-refractivity contribution in [2.75, 3.05) is 12.8 Å². The van der Waals surface area contributed by atoms with Crippen molar-refractivity contribution in [3.63, 3.8) is 0 Å². The maximum atomic E-state index is 12.8. The molecule has 0 saturated heterocycles. The second-order valence-corrected chi connectivity index (χ2v) is 4.43. The molecule has 1 atom stereocenters. The summed E-state index contributed by atoms with van der Waals surface area (Å²) in [5.41, 5.74) is 1.43. The Morgan fingerprint density at radius 3 is 2.39 bits per heavy atom. The molecular formula is C12H12F3N3O5. The average molecular weight is 335 g/mol. The van der Waals surface area contributed by atoms with Gasteiger partial charge in [0.25, 0.3) is 11.6 Å². The van der Waals surface area contributed by atoms with Gasteiger partial charge in [-0.25, -0.2) is 4.79 Å². The first kappa shape index (κ1) is 18.2. The third kappa shape index (κ3) is 4.08. The van der Waals surface area contributed by atoms with Crippen molar-refractivity contribution < 1.29 is 32.4 Å². The van der Waals surface area contributed by atoms with Crippen LogP contribution >= 0.6 is 0 Å². The highest BCUT2D eigenvalue weighted by Gasteiger charge is 2.35. The zero-order chi connectivity index (χ0) is 17.9. The Kier molecular flexibility index (Phi) is 5.14. The lowest BCUT2D eigenvalue weighted by molar-refractivity contribution is -0.384. The van der Waals surface area contributed by atoms with Gasteiger partial charge in [0.1, 0.15) is 11.7 Å². The van der Waals surface area contributed by atoms with Crippen molar-refractivity contribution in [1.82, 2.24) is 5.32 Å². The summed E-state index contributed by atoms with van der Waals surface area (Å²) in [7, 11) is 1.05. The molecule has 0 radical (unpaired) electrons. The maximum absolute atomic E-state index is 12.8. The Labute approximate surface area is 127 Å². The van der Waals surface area contributed by atoms with Crippen LogP contribution in [0.2, 0.25) is 0 Å². The molecule has 0 aliphatic rings. The SMILES string of the molecule is COC(=O)C(C)NC(=O)c1cc(C(F)(F)F)cc([N+](=O)[O-])c1N. The minimum absolute atomic E-state index is 0.232. The van der Waals surface area contributed by atoms with Crippen molar-refractivity contribution in [3.05, 3.63) is 33.4 Å². The van der Waals surface area contributed by atoms with E-state index in [4.69, 9.17) is 5.73 Å². The predicted molar refractivity (Wildman–Crippen MR) is 71.5 cm³/mol. The number of nitrogen functional groups attached to an aromatic ring is 1. The number of alkyl halides is 3. The number of hydrogen-bond donors (Lipinski definition) is 2. The van der Waals surface area contributed by atoms with E-state index in [0.717, 1.165) is 7.11 Å². The summed E-state index contributed by atoms with van der Waals surface area (Å²) in [6.45, 7) is 1.22. The largest absolute Gasteiger partial charge is 0.467 e. The molecule has 0 aromatic heterocycles. The molecule has 0 aliphatic carbocycles. The predicted octanol–water partition coefficient (Wildman–Crippen LogP) is 1.49. The molecule has 3 N–H and O–H groups in total. The first-order valence-corrected chi connectivity index (χ1v) is 6.02. The molecule has 1 rings (SSSR count). The topological polar surface area (TPSA) is 125 Å². The van der Waals surface area contributed by atoms with E-state index >= 15 is 0 Å². The highest BCUT2D eigenvalue weighted by Crippen LogP contribution is 2.36. The van der Waals surface area contributed by atoms with Gasteiger partial charge in [0, 0.05) is 6.07 Å². The molecule has 1 unspecified atom stereocenters. The van der Waals surface area contributed by atoms with Gasteiger partial charge in [-0.2, -0.15) is 13.2 Å². The van der Waals surface area contributed by atoms with Gasteiger partial charge in [0.15, 0.2) is 0 Å². The van der Waals surface area contributed by atoms with E-state index in [0.29, 0.717) is 6.07 Å². The Morgan fingerprint density at radius 1 is 1.39 bits per heavy atom. The number of ether oxygens (including phenoxy) is 1. The van der Waals surface area contributed by atoms with Crippen LogP contribution in [0.4, 0.5) is 24.5 Å². The Morgan fingerprint density at radius 2 is 1.96 bits per heavy atom. The summed E-state index contributed by atoms with van der Waals surface area (Å²) >= 11 is 0. The Balaban J connectivity index is 3.34. The maximum Gasteiger partial charge on any atom is 0.416 e.